The lowest BCUT2D eigenvalue weighted by Gasteiger charge is -2.17. The molecule has 2 rings (SSSR count). The van der Waals surface area contributed by atoms with E-state index in [9.17, 15) is 14.9 Å². The number of nitro benzene ring substituents is 1. The normalized spacial score (nSPS) is 20.6. The van der Waals surface area contributed by atoms with Crippen molar-refractivity contribution in [3.8, 4) is 0 Å². The van der Waals surface area contributed by atoms with Gasteiger partial charge < -0.3 is 11.1 Å². The maximum absolute atomic E-state index is 12.2. The number of hydrogen-bond donors (Lipinski definition) is 2. The summed E-state index contributed by atoms with van der Waals surface area (Å²) in [6.45, 7) is 4.31. The van der Waals surface area contributed by atoms with E-state index >= 15 is 0 Å². The van der Waals surface area contributed by atoms with E-state index in [1.165, 1.54) is 18.2 Å². The smallest absolute Gasteiger partial charge is 0.282 e. The Morgan fingerprint density at radius 3 is 2.75 bits per heavy atom. The highest BCUT2D eigenvalue weighted by Crippen LogP contribution is 2.37. The zero-order chi connectivity index (χ0) is 14.9. The van der Waals surface area contributed by atoms with Crippen molar-refractivity contribution in [2.75, 3.05) is 5.73 Å². The molecule has 0 aromatic heterocycles. The van der Waals surface area contributed by atoms with Crippen LogP contribution in [0.5, 0.6) is 0 Å². The summed E-state index contributed by atoms with van der Waals surface area (Å²) in [6.07, 6.45) is 2.82. The quantitative estimate of drug-likeness (QED) is 0.503. The standard InChI is InChI=1S/C14H19N3O3/c1-14(2)6-5-10(8-14)16-13(18)11-7-9(15)3-4-12(11)17(19)20/h3-4,7,10H,5-6,8,15H2,1-2H3,(H,16,18). The fraction of sp³-hybridized carbons (Fsp3) is 0.500. The van der Waals surface area contributed by atoms with Crippen LogP contribution in [0.4, 0.5) is 11.4 Å². The summed E-state index contributed by atoms with van der Waals surface area (Å²) in [6, 6.07) is 4.11. The van der Waals surface area contributed by atoms with Crippen molar-refractivity contribution in [3.63, 3.8) is 0 Å². The van der Waals surface area contributed by atoms with Gasteiger partial charge in [-0.05, 0) is 36.8 Å². The van der Waals surface area contributed by atoms with Crippen molar-refractivity contribution in [1.29, 1.82) is 0 Å². The van der Waals surface area contributed by atoms with Gasteiger partial charge in [-0.2, -0.15) is 0 Å². The van der Waals surface area contributed by atoms with Crippen LogP contribution in [-0.4, -0.2) is 16.9 Å². The minimum absolute atomic E-state index is 0.0275. The van der Waals surface area contributed by atoms with Crippen LogP contribution in [0.15, 0.2) is 18.2 Å². The van der Waals surface area contributed by atoms with Gasteiger partial charge >= 0.3 is 0 Å². The molecule has 1 aromatic carbocycles. The largest absolute Gasteiger partial charge is 0.399 e. The summed E-state index contributed by atoms with van der Waals surface area (Å²) in [5.41, 5.74) is 5.98. The lowest BCUT2D eigenvalue weighted by atomic mass is 9.92. The van der Waals surface area contributed by atoms with Crippen LogP contribution in [0.3, 0.4) is 0 Å². The molecule has 3 N–H and O–H groups in total. The van der Waals surface area contributed by atoms with Gasteiger partial charge in [-0.15, -0.1) is 0 Å². The Morgan fingerprint density at radius 1 is 1.50 bits per heavy atom. The van der Waals surface area contributed by atoms with Crippen molar-refractivity contribution in [2.24, 2.45) is 5.41 Å². The molecule has 0 aliphatic heterocycles. The highest BCUT2D eigenvalue weighted by molar-refractivity contribution is 5.99. The summed E-state index contributed by atoms with van der Waals surface area (Å²) < 4.78 is 0. The van der Waals surface area contributed by atoms with Crippen molar-refractivity contribution in [1.82, 2.24) is 5.32 Å². The Labute approximate surface area is 117 Å². The van der Waals surface area contributed by atoms with Gasteiger partial charge in [0, 0.05) is 17.8 Å². The van der Waals surface area contributed by atoms with Crippen LogP contribution in [0, 0.1) is 15.5 Å². The van der Waals surface area contributed by atoms with E-state index in [1.807, 2.05) is 0 Å². The Morgan fingerprint density at radius 2 is 2.20 bits per heavy atom. The molecular weight excluding hydrogens is 258 g/mol. The van der Waals surface area contributed by atoms with Crippen molar-refractivity contribution >= 4 is 17.3 Å². The average Bonchev–Trinajstić information content (AvgIpc) is 2.68. The van der Waals surface area contributed by atoms with Gasteiger partial charge in [-0.3, -0.25) is 14.9 Å². The predicted octanol–water partition coefficient (Wildman–Crippen LogP) is 2.49. The molecule has 1 aliphatic carbocycles. The zero-order valence-corrected chi connectivity index (χ0v) is 11.7. The molecule has 1 saturated carbocycles. The van der Waals surface area contributed by atoms with E-state index in [0.29, 0.717) is 5.69 Å². The number of nitrogen functional groups attached to an aromatic ring is 1. The highest BCUT2D eigenvalue weighted by Gasteiger charge is 2.32. The molecule has 1 amide bonds. The third kappa shape index (κ3) is 3.07. The van der Waals surface area contributed by atoms with E-state index in [4.69, 9.17) is 5.73 Å². The monoisotopic (exact) mass is 277 g/mol. The maximum atomic E-state index is 12.2. The fourth-order valence-electron chi connectivity index (χ4n) is 2.72. The van der Waals surface area contributed by atoms with Gasteiger partial charge in [0.25, 0.3) is 11.6 Å². The number of benzene rings is 1. The Kier molecular flexibility index (Phi) is 3.65. The maximum Gasteiger partial charge on any atom is 0.282 e. The summed E-state index contributed by atoms with van der Waals surface area (Å²) in [4.78, 5) is 22.6. The molecule has 6 heteroatoms. The topological polar surface area (TPSA) is 98.3 Å². The third-order valence-electron chi connectivity index (χ3n) is 3.77. The second kappa shape index (κ2) is 5.11. The molecule has 0 bridgehead atoms. The van der Waals surface area contributed by atoms with Gasteiger partial charge in [0.15, 0.2) is 0 Å². The molecular formula is C14H19N3O3. The predicted molar refractivity (Wildman–Crippen MR) is 76.4 cm³/mol. The number of nitrogens with zero attached hydrogens (tertiary/aromatic N) is 1. The fourth-order valence-corrected chi connectivity index (χ4v) is 2.72. The first kappa shape index (κ1) is 14.3. The van der Waals surface area contributed by atoms with E-state index in [2.05, 4.69) is 19.2 Å². The van der Waals surface area contributed by atoms with Gasteiger partial charge in [-0.25, -0.2) is 0 Å². The van der Waals surface area contributed by atoms with Gasteiger partial charge in [0.05, 0.1) is 4.92 Å². The van der Waals surface area contributed by atoms with Crippen LogP contribution in [-0.2, 0) is 0 Å². The zero-order valence-electron chi connectivity index (χ0n) is 11.7. The highest BCUT2D eigenvalue weighted by atomic mass is 16.6. The second-order valence-electron chi connectivity index (χ2n) is 6.11. The van der Waals surface area contributed by atoms with Crippen LogP contribution in [0.25, 0.3) is 0 Å². The summed E-state index contributed by atoms with van der Waals surface area (Å²) >= 11 is 0. The molecule has 1 atom stereocenters. The number of carbonyl (C=O) groups is 1. The minimum atomic E-state index is -0.563. The molecule has 1 unspecified atom stereocenters. The van der Waals surface area contributed by atoms with Gasteiger partial charge in [0.1, 0.15) is 5.56 Å². The van der Waals surface area contributed by atoms with Crippen LogP contribution in [0.1, 0.15) is 43.5 Å². The number of nitrogens with one attached hydrogen (secondary N) is 1. The Bertz CT molecular complexity index is 555. The molecule has 1 aliphatic rings. The lowest BCUT2D eigenvalue weighted by molar-refractivity contribution is -0.385. The van der Waals surface area contributed by atoms with Crippen LogP contribution in [0.2, 0.25) is 0 Å². The number of hydrogen-bond acceptors (Lipinski definition) is 4. The molecule has 108 valence electrons. The summed E-state index contributed by atoms with van der Waals surface area (Å²) in [7, 11) is 0. The van der Waals surface area contributed by atoms with Crippen molar-refractivity contribution in [2.45, 2.75) is 39.2 Å². The van der Waals surface area contributed by atoms with Crippen molar-refractivity contribution < 1.29 is 9.72 Å². The van der Waals surface area contributed by atoms with Crippen LogP contribution < -0.4 is 11.1 Å². The van der Waals surface area contributed by atoms with E-state index in [1.54, 1.807) is 0 Å². The molecule has 6 nitrogen and oxygen atoms in total. The van der Waals surface area contributed by atoms with Gasteiger partial charge in [-0.1, -0.05) is 13.8 Å². The molecule has 1 fully saturated rings. The number of rotatable bonds is 3. The van der Waals surface area contributed by atoms with Crippen molar-refractivity contribution in [3.05, 3.63) is 33.9 Å². The van der Waals surface area contributed by atoms with E-state index in [0.717, 1.165) is 19.3 Å². The second-order valence-corrected chi connectivity index (χ2v) is 6.11. The van der Waals surface area contributed by atoms with E-state index in [-0.39, 0.29) is 22.7 Å². The minimum Gasteiger partial charge on any atom is -0.399 e. The Balaban J connectivity index is 2.17. The summed E-state index contributed by atoms with van der Waals surface area (Å²) in [5.74, 6) is -0.424. The first-order chi connectivity index (χ1) is 9.28. The third-order valence-corrected chi connectivity index (χ3v) is 3.77. The lowest BCUT2D eigenvalue weighted by Crippen LogP contribution is -2.33. The number of nitrogens with two attached hydrogens (primary N) is 1. The molecule has 1 aromatic rings. The number of amides is 1. The molecule has 0 radical (unpaired) electrons. The number of anilines is 1. The Hall–Kier alpha value is -2.11. The summed E-state index contributed by atoms with van der Waals surface area (Å²) in [5, 5.41) is 13.8. The molecule has 0 saturated heterocycles. The number of carbonyl (C=O) groups excluding carboxylic acids is 1. The molecule has 0 heterocycles. The average molecular weight is 277 g/mol. The van der Waals surface area contributed by atoms with Gasteiger partial charge in [0.2, 0.25) is 0 Å². The first-order valence-corrected chi connectivity index (χ1v) is 6.63. The molecule has 0 spiro atoms. The SMILES string of the molecule is CC1(C)CCC(NC(=O)c2cc(N)ccc2[N+](=O)[O-])C1. The van der Waals surface area contributed by atoms with Crippen LogP contribution >= 0.6 is 0 Å². The number of nitro groups is 1. The first-order valence-electron chi connectivity index (χ1n) is 6.63. The molecule has 20 heavy (non-hydrogen) atoms. The van der Waals surface area contributed by atoms with E-state index < -0.39 is 10.8 Å².